The largest absolute Gasteiger partial charge is 0.360 e. The highest BCUT2D eigenvalue weighted by molar-refractivity contribution is 5.56. The van der Waals surface area contributed by atoms with Crippen molar-refractivity contribution in [3.63, 3.8) is 0 Å². The fourth-order valence-electron chi connectivity index (χ4n) is 2.53. The third-order valence-corrected chi connectivity index (χ3v) is 3.71. The van der Waals surface area contributed by atoms with Gasteiger partial charge in [0.05, 0.1) is 6.54 Å². The van der Waals surface area contributed by atoms with Crippen LogP contribution in [0.5, 0.6) is 0 Å². The smallest absolute Gasteiger partial charge is 0.0791 e. The molecule has 0 bridgehead atoms. The predicted octanol–water partition coefficient (Wildman–Crippen LogP) is 3.21. The van der Waals surface area contributed by atoms with Crippen LogP contribution in [0.2, 0.25) is 0 Å². The monoisotopic (exact) mass is 256 g/mol. The second kappa shape index (κ2) is 6.63. The maximum absolute atomic E-state index is 5.54. The van der Waals surface area contributed by atoms with E-state index in [0.29, 0.717) is 12.6 Å². The number of nitrogens with one attached hydrogen (secondary N) is 1. The van der Waals surface area contributed by atoms with E-state index < -0.39 is 0 Å². The highest BCUT2D eigenvalue weighted by Gasteiger charge is 2.25. The fraction of sp³-hybridized carbons (Fsp3) is 0.529. The van der Waals surface area contributed by atoms with Crippen LogP contribution < -0.4 is 10.2 Å². The lowest BCUT2D eigenvalue weighted by atomic mass is 10.0. The lowest BCUT2D eigenvalue weighted by Gasteiger charge is -2.27. The van der Waals surface area contributed by atoms with Crippen LogP contribution in [0.4, 0.5) is 5.69 Å². The van der Waals surface area contributed by atoms with Gasteiger partial charge in [0, 0.05) is 18.3 Å². The Balaban J connectivity index is 2.21. The standard InChI is InChI=1S/C17H24N2/c1-4-12-19(13-15-10-11-15)17-9-7-6-8-16(17)14(3)18-5-2/h1,6-9,14-15,18H,5,10-13H2,2-3H3. The number of terminal acetylenes is 1. The van der Waals surface area contributed by atoms with Crippen molar-refractivity contribution in [1.29, 1.82) is 0 Å². The van der Waals surface area contributed by atoms with Gasteiger partial charge in [-0.1, -0.05) is 31.0 Å². The van der Waals surface area contributed by atoms with Gasteiger partial charge in [-0.25, -0.2) is 0 Å². The molecule has 1 fully saturated rings. The molecule has 1 aliphatic carbocycles. The molecular formula is C17H24N2. The van der Waals surface area contributed by atoms with Gasteiger partial charge in [0.2, 0.25) is 0 Å². The number of anilines is 1. The Kier molecular flexibility index (Phi) is 4.87. The molecule has 2 heteroatoms. The Morgan fingerprint density at radius 1 is 1.42 bits per heavy atom. The lowest BCUT2D eigenvalue weighted by molar-refractivity contribution is 0.595. The van der Waals surface area contributed by atoms with E-state index >= 15 is 0 Å². The summed E-state index contributed by atoms with van der Waals surface area (Å²) in [5.74, 6) is 3.65. The summed E-state index contributed by atoms with van der Waals surface area (Å²) in [5, 5.41) is 3.49. The molecule has 0 aliphatic heterocycles. The van der Waals surface area contributed by atoms with Crippen LogP contribution in [0.25, 0.3) is 0 Å². The van der Waals surface area contributed by atoms with Gasteiger partial charge in [-0.3, -0.25) is 0 Å². The second-order valence-electron chi connectivity index (χ2n) is 5.37. The number of hydrogen-bond donors (Lipinski definition) is 1. The van der Waals surface area contributed by atoms with E-state index in [2.05, 4.69) is 54.3 Å². The molecule has 0 saturated heterocycles. The molecule has 1 atom stereocenters. The number of benzene rings is 1. The zero-order valence-corrected chi connectivity index (χ0v) is 12.0. The van der Waals surface area contributed by atoms with Crippen molar-refractivity contribution in [2.24, 2.45) is 5.92 Å². The Bertz CT molecular complexity index is 443. The third kappa shape index (κ3) is 3.75. The molecular weight excluding hydrogens is 232 g/mol. The van der Waals surface area contributed by atoms with Crippen LogP contribution in [0, 0.1) is 18.3 Å². The van der Waals surface area contributed by atoms with E-state index in [1.807, 2.05) is 0 Å². The van der Waals surface area contributed by atoms with Gasteiger partial charge in [0.15, 0.2) is 0 Å². The predicted molar refractivity (Wildman–Crippen MR) is 82.3 cm³/mol. The summed E-state index contributed by atoms with van der Waals surface area (Å²) in [5.41, 5.74) is 2.64. The van der Waals surface area contributed by atoms with Gasteiger partial charge in [-0.05, 0) is 43.9 Å². The minimum absolute atomic E-state index is 0.362. The first-order valence-electron chi connectivity index (χ1n) is 7.27. The quantitative estimate of drug-likeness (QED) is 0.754. The molecule has 1 aliphatic rings. The summed E-state index contributed by atoms with van der Waals surface area (Å²) >= 11 is 0. The van der Waals surface area contributed by atoms with Crippen LogP contribution in [0.1, 0.15) is 38.3 Å². The summed E-state index contributed by atoms with van der Waals surface area (Å²) in [6.07, 6.45) is 8.25. The molecule has 2 rings (SSSR count). The Hall–Kier alpha value is -1.46. The second-order valence-corrected chi connectivity index (χ2v) is 5.37. The molecule has 1 aromatic carbocycles. The van der Waals surface area contributed by atoms with Gasteiger partial charge < -0.3 is 10.2 Å². The van der Waals surface area contributed by atoms with Crippen molar-refractivity contribution < 1.29 is 0 Å². The first-order chi connectivity index (χ1) is 9.26. The van der Waals surface area contributed by atoms with E-state index in [1.165, 1.54) is 24.1 Å². The molecule has 0 aromatic heterocycles. The minimum Gasteiger partial charge on any atom is -0.360 e. The molecule has 0 radical (unpaired) electrons. The van der Waals surface area contributed by atoms with Crippen molar-refractivity contribution >= 4 is 5.69 Å². The Labute approximate surface area is 117 Å². The number of hydrogen-bond acceptors (Lipinski definition) is 2. The summed E-state index contributed by atoms with van der Waals surface area (Å²) in [6.45, 7) is 7.13. The van der Waals surface area contributed by atoms with Gasteiger partial charge in [0.1, 0.15) is 0 Å². The first-order valence-corrected chi connectivity index (χ1v) is 7.27. The number of nitrogens with zero attached hydrogens (tertiary/aromatic N) is 1. The van der Waals surface area contributed by atoms with Gasteiger partial charge >= 0.3 is 0 Å². The molecule has 0 heterocycles. The molecule has 102 valence electrons. The van der Waals surface area contributed by atoms with Crippen LogP contribution in [0.3, 0.4) is 0 Å². The maximum atomic E-state index is 5.54. The van der Waals surface area contributed by atoms with Gasteiger partial charge in [0.25, 0.3) is 0 Å². The Morgan fingerprint density at radius 2 is 2.16 bits per heavy atom. The normalized spacial score (nSPS) is 15.8. The van der Waals surface area contributed by atoms with E-state index in [4.69, 9.17) is 6.42 Å². The summed E-state index contributed by atoms with van der Waals surface area (Å²) in [6, 6.07) is 8.98. The first kappa shape index (κ1) is 14.0. The fourth-order valence-corrected chi connectivity index (χ4v) is 2.53. The molecule has 0 amide bonds. The topological polar surface area (TPSA) is 15.3 Å². The molecule has 1 N–H and O–H groups in total. The van der Waals surface area contributed by atoms with E-state index in [1.54, 1.807) is 0 Å². The van der Waals surface area contributed by atoms with Crippen molar-refractivity contribution in [2.75, 3.05) is 24.5 Å². The highest BCUT2D eigenvalue weighted by Crippen LogP contribution is 2.33. The van der Waals surface area contributed by atoms with E-state index in [9.17, 15) is 0 Å². The summed E-state index contributed by atoms with van der Waals surface area (Å²) in [7, 11) is 0. The van der Waals surface area contributed by atoms with Crippen LogP contribution >= 0.6 is 0 Å². The van der Waals surface area contributed by atoms with Crippen molar-refractivity contribution in [3.8, 4) is 12.3 Å². The Morgan fingerprint density at radius 3 is 2.79 bits per heavy atom. The number of rotatable bonds is 7. The zero-order valence-electron chi connectivity index (χ0n) is 12.0. The molecule has 0 spiro atoms. The average molecular weight is 256 g/mol. The SMILES string of the molecule is C#CCN(CC1CC1)c1ccccc1C(C)NCC. The summed E-state index contributed by atoms with van der Waals surface area (Å²) < 4.78 is 0. The molecule has 1 aromatic rings. The number of para-hydroxylation sites is 1. The van der Waals surface area contributed by atoms with Gasteiger partial charge in [-0.2, -0.15) is 0 Å². The highest BCUT2D eigenvalue weighted by atomic mass is 15.1. The van der Waals surface area contributed by atoms with Crippen LogP contribution in [0.15, 0.2) is 24.3 Å². The van der Waals surface area contributed by atoms with Crippen molar-refractivity contribution in [2.45, 2.75) is 32.7 Å². The zero-order chi connectivity index (χ0) is 13.7. The van der Waals surface area contributed by atoms with Crippen molar-refractivity contribution in [3.05, 3.63) is 29.8 Å². The van der Waals surface area contributed by atoms with Crippen LogP contribution in [-0.2, 0) is 0 Å². The minimum atomic E-state index is 0.362. The summed E-state index contributed by atoms with van der Waals surface area (Å²) in [4.78, 5) is 2.36. The van der Waals surface area contributed by atoms with E-state index in [-0.39, 0.29) is 0 Å². The van der Waals surface area contributed by atoms with Gasteiger partial charge in [-0.15, -0.1) is 6.42 Å². The molecule has 2 nitrogen and oxygen atoms in total. The molecule has 1 saturated carbocycles. The molecule has 1 unspecified atom stereocenters. The third-order valence-electron chi connectivity index (χ3n) is 3.71. The van der Waals surface area contributed by atoms with E-state index in [0.717, 1.165) is 19.0 Å². The maximum Gasteiger partial charge on any atom is 0.0791 e. The van der Waals surface area contributed by atoms with Crippen LogP contribution in [-0.4, -0.2) is 19.6 Å². The molecule has 19 heavy (non-hydrogen) atoms. The average Bonchev–Trinajstić information content (AvgIpc) is 3.22. The van der Waals surface area contributed by atoms with Crippen molar-refractivity contribution in [1.82, 2.24) is 5.32 Å². The lowest BCUT2D eigenvalue weighted by Crippen LogP contribution is -2.29.